The van der Waals surface area contributed by atoms with Crippen molar-refractivity contribution in [1.82, 2.24) is 10.3 Å². The molecule has 2 aromatic rings. The first-order valence-corrected chi connectivity index (χ1v) is 9.52. The van der Waals surface area contributed by atoms with Crippen LogP contribution in [0.5, 0.6) is 11.5 Å². The summed E-state index contributed by atoms with van der Waals surface area (Å²) in [5.74, 6) is 1.26. The third kappa shape index (κ3) is 3.72. The second kappa shape index (κ2) is 8.03. The number of rotatable bonds is 3. The van der Waals surface area contributed by atoms with Crippen molar-refractivity contribution < 1.29 is 14.3 Å². The molecule has 0 fully saturated rings. The quantitative estimate of drug-likeness (QED) is 0.780. The van der Waals surface area contributed by atoms with E-state index in [0.717, 1.165) is 33.5 Å². The molecule has 29 heavy (non-hydrogen) atoms. The summed E-state index contributed by atoms with van der Waals surface area (Å²) in [7, 11) is 4.82. The van der Waals surface area contributed by atoms with E-state index in [4.69, 9.17) is 20.3 Å². The van der Waals surface area contributed by atoms with Crippen LogP contribution in [0.1, 0.15) is 34.7 Å². The molecule has 0 bridgehead atoms. The Kier molecular flexibility index (Phi) is 5.68. The molecule has 0 unspecified atom stereocenters. The molecule has 1 aliphatic rings. The van der Waals surface area contributed by atoms with Crippen LogP contribution in [-0.4, -0.2) is 44.1 Å². The lowest BCUT2D eigenvalue weighted by Gasteiger charge is -2.22. The molecule has 2 amide bonds. The highest BCUT2D eigenvalue weighted by molar-refractivity contribution is 6.15. The average molecular weight is 396 g/mol. The van der Waals surface area contributed by atoms with Gasteiger partial charge in [-0.2, -0.15) is 5.10 Å². The van der Waals surface area contributed by atoms with Crippen molar-refractivity contribution in [3.8, 4) is 11.5 Å². The van der Waals surface area contributed by atoms with Gasteiger partial charge < -0.3 is 20.5 Å². The highest BCUT2D eigenvalue weighted by atomic mass is 16.5. The number of hydrazone groups is 1. The van der Waals surface area contributed by atoms with E-state index in [2.05, 4.69) is 5.32 Å². The Bertz CT molecular complexity index is 961. The van der Waals surface area contributed by atoms with E-state index in [1.165, 1.54) is 5.01 Å². The van der Waals surface area contributed by atoms with Gasteiger partial charge in [-0.15, -0.1) is 0 Å². The highest BCUT2D eigenvalue weighted by Crippen LogP contribution is 2.35. The van der Waals surface area contributed by atoms with Crippen LogP contribution in [0.4, 0.5) is 10.5 Å². The number of benzene rings is 2. The summed E-state index contributed by atoms with van der Waals surface area (Å²) >= 11 is 0. The summed E-state index contributed by atoms with van der Waals surface area (Å²) in [6.45, 7) is 5.91. The number of nitrogens with one attached hydrogen (secondary N) is 1. The molecule has 154 valence electrons. The van der Waals surface area contributed by atoms with E-state index in [9.17, 15) is 4.79 Å². The normalized spacial score (nSPS) is 15.9. The van der Waals surface area contributed by atoms with Crippen molar-refractivity contribution in [2.75, 3.05) is 27.0 Å². The van der Waals surface area contributed by atoms with Crippen molar-refractivity contribution in [3.63, 3.8) is 0 Å². The van der Waals surface area contributed by atoms with Gasteiger partial charge in [-0.1, -0.05) is 0 Å². The number of hydrogen-bond donors (Lipinski definition) is 2. The van der Waals surface area contributed by atoms with Gasteiger partial charge in [0.1, 0.15) is 0 Å². The third-order valence-corrected chi connectivity index (χ3v) is 5.29. The van der Waals surface area contributed by atoms with Crippen molar-refractivity contribution in [1.29, 1.82) is 0 Å². The first-order chi connectivity index (χ1) is 13.8. The van der Waals surface area contributed by atoms with Crippen LogP contribution < -0.4 is 20.5 Å². The molecule has 2 aromatic carbocycles. The Labute approximate surface area is 171 Å². The van der Waals surface area contributed by atoms with Gasteiger partial charge in [0.15, 0.2) is 11.5 Å². The number of anilines is 1. The number of nitrogens with two attached hydrogens (primary N) is 1. The van der Waals surface area contributed by atoms with E-state index in [0.29, 0.717) is 23.6 Å². The van der Waals surface area contributed by atoms with Crippen LogP contribution in [0.25, 0.3) is 0 Å². The Morgan fingerprint density at radius 2 is 1.72 bits per heavy atom. The fourth-order valence-corrected chi connectivity index (χ4v) is 3.66. The van der Waals surface area contributed by atoms with E-state index in [1.807, 2.05) is 45.0 Å². The van der Waals surface area contributed by atoms with Gasteiger partial charge in [-0.25, -0.2) is 9.80 Å². The zero-order chi connectivity index (χ0) is 21.3. The van der Waals surface area contributed by atoms with E-state index in [1.54, 1.807) is 21.3 Å². The van der Waals surface area contributed by atoms with Gasteiger partial charge in [-0.05, 0) is 68.1 Å². The van der Waals surface area contributed by atoms with Crippen LogP contribution in [0.3, 0.4) is 0 Å². The van der Waals surface area contributed by atoms with Crippen LogP contribution in [0, 0.1) is 13.8 Å². The SMILES string of the molecule is CNC(=O)N1N=C(c2cc(C)c(N)c(C)c2)c2cc(OC)c(OC)cc2C[C@H]1C. The molecule has 1 heterocycles. The Balaban J connectivity index is 2.30. The minimum atomic E-state index is -0.259. The molecule has 3 N–H and O–H groups in total. The number of amides is 2. The fourth-order valence-electron chi connectivity index (χ4n) is 3.66. The second-order valence-corrected chi connectivity index (χ2v) is 7.29. The number of methoxy groups -OCH3 is 2. The van der Waals surface area contributed by atoms with E-state index < -0.39 is 0 Å². The van der Waals surface area contributed by atoms with Crippen molar-refractivity contribution in [2.45, 2.75) is 33.2 Å². The van der Waals surface area contributed by atoms with Crippen LogP contribution >= 0.6 is 0 Å². The molecule has 7 heteroatoms. The summed E-state index contributed by atoms with van der Waals surface area (Å²) < 4.78 is 11.0. The Hall–Kier alpha value is -3.22. The molecule has 0 saturated heterocycles. The maximum Gasteiger partial charge on any atom is 0.337 e. The summed E-state index contributed by atoms with van der Waals surface area (Å²) in [6, 6.07) is 7.49. The monoisotopic (exact) mass is 396 g/mol. The predicted octanol–water partition coefficient (Wildman–Crippen LogP) is 3.24. The first-order valence-electron chi connectivity index (χ1n) is 9.52. The average Bonchev–Trinajstić information content (AvgIpc) is 2.85. The number of urea groups is 1. The van der Waals surface area contributed by atoms with Gasteiger partial charge >= 0.3 is 6.03 Å². The molecule has 7 nitrogen and oxygen atoms in total. The largest absolute Gasteiger partial charge is 0.493 e. The van der Waals surface area contributed by atoms with Gasteiger partial charge in [-0.3, -0.25) is 0 Å². The van der Waals surface area contributed by atoms with Crippen LogP contribution in [-0.2, 0) is 6.42 Å². The molecule has 1 aliphatic heterocycles. The van der Waals surface area contributed by atoms with Gasteiger partial charge in [0, 0.05) is 23.9 Å². The Morgan fingerprint density at radius 1 is 1.14 bits per heavy atom. The van der Waals surface area contributed by atoms with E-state index in [-0.39, 0.29) is 12.1 Å². The van der Waals surface area contributed by atoms with Gasteiger partial charge in [0.05, 0.1) is 26.0 Å². The minimum absolute atomic E-state index is 0.139. The van der Waals surface area contributed by atoms with Crippen molar-refractivity contribution in [3.05, 3.63) is 52.1 Å². The molecule has 1 atom stereocenters. The van der Waals surface area contributed by atoms with Gasteiger partial charge in [0.25, 0.3) is 0 Å². The number of aryl methyl sites for hydroxylation is 2. The Morgan fingerprint density at radius 3 is 2.28 bits per heavy atom. The topological polar surface area (TPSA) is 89.2 Å². The smallest absolute Gasteiger partial charge is 0.337 e. The predicted molar refractivity (Wildman–Crippen MR) is 115 cm³/mol. The maximum absolute atomic E-state index is 12.5. The van der Waals surface area contributed by atoms with E-state index >= 15 is 0 Å². The molecule has 0 saturated carbocycles. The number of carbonyl (C=O) groups is 1. The molecular formula is C22H28N4O3. The lowest BCUT2D eigenvalue weighted by atomic mass is 9.92. The summed E-state index contributed by atoms with van der Waals surface area (Å²) in [4.78, 5) is 12.5. The zero-order valence-electron chi connectivity index (χ0n) is 17.8. The van der Waals surface area contributed by atoms with Crippen molar-refractivity contribution in [2.24, 2.45) is 5.10 Å². The summed E-state index contributed by atoms with van der Waals surface area (Å²) in [5, 5.41) is 8.96. The van der Waals surface area contributed by atoms with Crippen LogP contribution in [0.2, 0.25) is 0 Å². The second-order valence-electron chi connectivity index (χ2n) is 7.29. The number of ether oxygens (including phenoxy) is 2. The lowest BCUT2D eigenvalue weighted by Crippen LogP contribution is -2.41. The minimum Gasteiger partial charge on any atom is -0.493 e. The molecule has 0 aromatic heterocycles. The maximum atomic E-state index is 12.5. The molecule has 0 radical (unpaired) electrons. The first kappa shape index (κ1) is 20.5. The number of hydrogen-bond acceptors (Lipinski definition) is 5. The summed E-state index contributed by atoms with van der Waals surface area (Å²) in [6.07, 6.45) is 0.628. The highest BCUT2D eigenvalue weighted by Gasteiger charge is 2.28. The summed E-state index contributed by atoms with van der Waals surface area (Å²) in [5.41, 5.74) is 12.4. The lowest BCUT2D eigenvalue weighted by molar-refractivity contribution is 0.184. The number of nitrogens with zero attached hydrogens (tertiary/aromatic N) is 2. The molecular weight excluding hydrogens is 368 g/mol. The third-order valence-electron chi connectivity index (χ3n) is 5.29. The van der Waals surface area contributed by atoms with Gasteiger partial charge in [0.2, 0.25) is 0 Å². The zero-order valence-corrected chi connectivity index (χ0v) is 17.8. The standard InChI is InChI=1S/C22H28N4O3/c1-12-7-16(8-13(2)20(12)23)21-17-11-19(29-6)18(28-5)10-15(17)9-14(3)26(25-21)22(27)24-4/h7-8,10-11,14H,9,23H2,1-6H3,(H,24,27)/t14-/m1/s1. The molecule has 3 rings (SSSR count). The fraction of sp³-hybridized carbons (Fsp3) is 0.364. The number of nitrogen functional groups attached to an aromatic ring is 1. The number of carbonyl (C=O) groups excluding carboxylic acids is 1. The number of fused-ring (bicyclic) bond motifs is 1. The van der Waals surface area contributed by atoms with Crippen LogP contribution in [0.15, 0.2) is 29.4 Å². The molecule has 0 spiro atoms. The molecule has 0 aliphatic carbocycles. The van der Waals surface area contributed by atoms with Crippen molar-refractivity contribution >= 4 is 17.4 Å².